The lowest BCUT2D eigenvalue weighted by Crippen LogP contribution is -2.00. The molecule has 22 heavy (non-hydrogen) atoms. The Hall–Kier alpha value is -2.27. The topological polar surface area (TPSA) is 54.9 Å². The van der Waals surface area contributed by atoms with E-state index in [1.165, 1.54) is 10.4 Å². The van der Waals surface area contributed by atoms with Crippen LogP contribution in [0.3, 0.4) is 0 Å². The summed E-state index contributed by atoms with van der Waals surface area (Å²) in [6.45, 7) is 7.64. The van der Waals surface area contributed by atoms with Crippen LogP contribution in [0.4, 0.5) is 11.5 Å². The Balaban J connectivity index is 2.11. The van der Waals surface area contributed by atoms with Crippen LogP contribution in [0, 0.1) is 20.8 Å². The largest absolute Gasteiger partial charge is 0.340 e. The third-order valence-corrected chi connectivity index (χ3v) is 4.77. The van der Waals surface area contributed by atoms with Crippen molar-refractivity contribution in [2.24, 2.45) is 0 Å². The zero-order chi connectivity index (χ0) is 15.9. The molecule has 0 bridgehead atoms. The molecule has 2 aromatic heterocycles. The molecule has 0 saturated heterocycles. The summed E-state index contributed by atoms with van der Waals surface area (Å²) < 4.78 is 0. The van der Waals surface area contributed by atoms with Crippen LogP contribution in [0.2, 0.25) is 0 Å². The van der Waals surface area contributed by atoms with Crippen molar-refractivity contribution in [3.05, 3.63) is 46.1 Å². The summed E-state index contributed by atoms with van der Waals surface area (Å²) >= 11 is 1.68. The fourth-order valence-corrected chi connectivity index (χ4v) is 3.47. The maximum absolute atomic E-state index is 11.5. The fourth-order valence-electron chi connectivity index (χ4n) is 2.40. The smallest absolute Gasteiger partial charge is 0.159 e. The van der Waals surface area contributed by atoms with Gasteiger partial charge in [0, 0.05) is 16.1 Å². The van der Waals surface area contributed by atoms with E-state index >= 15 is 0 Å². The van der Waals surface area contributed by atoms with Gasteiger partial charge in [-0.15, -0.1) is 11.3 Å². The summed E-state index contributed by atoms with van der Waals surface area (Å²) in [5.74, 6) is 1.58. The molecule has 1 N–H and O–H groups in total. The van der Waals surface area contributed by atoms with E-state index in [0.29, 0.717) is 5.56 Å². The summed E-state index contributed by atoms with van der Waals surface area (Å²) in [6.07, 6.45) is 0. The van der Waals surface area contributed by atoms with Gasteiger partial charge in [0.15, 0.2) is 5.78 Å². The van der Waals surface area contributed by atoms with Crippen LogP contribution in [0.25, 0.3) is 10.2 Å². The molecule has 0 atom stereocenters. The molecular formula is C17H17N3OS. The van der Waals surface area contributed by atoms with Gasteiger partial charge in [-0.3, -0.25) is 4.79 Å². The summed E-state index contributed by atoms with van der Waals surface area (Å²) in [4.78, 5) is 22.8. The van der Waals surface area contributed by atoms with Crippen molar-refractivity contribution < 1.29 is 4.79 Å². The Morgan fingerprint density at radius 3 is 2.68 bits per heavy atom. The highest BCUT2D eigenvalue weighted by molar-refractivity contribution is 7.18. The number of aryl methyl sites for hydroxylation is 3. The molecule has 2 heterocycles. The van der Waals surface area contributed by atoms with Crippen LogP contribution in [0.5, 0.6) is 0 Å². The quantitative estimate of drug-likeness (QED) is 0.720. The third kappa shape index (κ3) is 2.60. The van der Waals surface area contributed by atoms with Crippen molar-refractivity contribution >= 4 is 38.8 Å². The molecule has 0 aliphatic carbocycles. The standard InChI is InChI=1S/C17H17N3OS/c1-9-11(3)22-17-15(9)16(18-12(4)19-17)20-14-7-5-6-13(8-14)10(2)21/h5-8H,1-4H3,(H,18,19,20). The zero-order valence-electron chi connectivity index (χ0n) is 13.0. The number of nitrogens with zero attached hydrogens (tertiary/aromatic N) is 2. The summed E-state index contributed by atoms with van der Waals surface area (Å²) in [7, 11) is 0. The highest BCUT2D eigenvalue weighted by atomic mass is 32.1. The predicted molar refractivity (Wildman–Crippen MR) is 91.4 cm³/mol. The van der Waals surface area contributed by atoms with E-state index in [0.717, 1.165) is 27.5 Å². The number of aromatic nitrogens is 2. The highest BCUT2D eigenvalue weighted by Crippen LogP contribution is 2.34. The van der Waals surface area contributed by atoms with Crippen molar-refractivity contribution in [1.82, 2.24) is 9.97 Å². The molecule has 0 radical (unpaired) electrons. The van der Waals surface area contributed by atoms with Gasteiger partial charge in [-0.1, -0.05) is 12.1 Å². The first-order chi connectivity index (χ1) is 10.5. The molecular weight excluding hydrogens is 294 g/mol. The minimum absolute atomic E-state index is 0.0511. The lowest BCUT2D eigenvalue weighted by atomic mass is 10.1. The lowest BCUT2D eigenvalue weighted by molar-refractivity contribution is 0.101. The highest BCUT2D eigenvalue weighted by Gasteiger charge is 2.13. The van der Waals surface area contributed by atoms with Crippen LogP contribution >= 0.6 is 11.3 Å². The number of thiophene rings is 1. The molecule has 5 heteroatoms. The molecule has 0 aliphatic heterocycles. The van der Waals surface area contributed by atoms with E-state index in [4.69, 9.17) is 0 Å². The lowest BCUT2D eigenvalue weighted by Gasteiger charge is -2.09. The molecule has 4 nitrogen and oxygen atoms in total. The van der Waals surface area contributed by atoms with E-state index in [-0.39, 0.29) is 5.78 Å². The van der Waals surface area contributed by atoms with Crippen LogP contribution in [0.1, 0.15) is 33.5 Å². The van der Waals surface area contributed by atoms with Gasteiger partial charge in [0.1, 0.15) is 16.5 Å². The molecule has 0 amide bonds. The molecule has 112 valence electrons. The first kappa shape index (κ1) is 14.7. The molecule has 3 aromatic rings. The molecule has 0 saturated carbocycles. The Morgan fingerprint density at radius 1 is 1.18 bits per heavy atom. The van der Waals surface area contributed by atoms with Crippen molar-refractivity contribution in [2.75, 3.05) is 5.32 Å². The monoisotopic (exact) mass is 311 g/mol. The fraction of sp³-hybridized carbons (Fsp3) is 0.235. The first-order valence-corrected chi connectivity index (χ1v) is 7.89. The van der Waals surface area contributed by atoms with E-state index in [1.807, 2.05) is 31.2 Å². The van der Waals surface area contributed by atoms with Crippen molar-refractivity contribution in [1.29, 1.82) is 0 Å². The number of hydrogen-bond donors (Lipinski definition) is 1. The summed E-state index contributed by atoms with van der Waals surface area (Å²) in [5, 5.41) is 4.40. The maximum Gasteiger partial charge on any atom is 0.159 e. The molecule has 0 unspecified atom stereocenters. The molecule has 0 fully saturated rings. The van der Waals surface area contributed by atoms with Crippen molar-refractivity contribution in [3.63, 3.8) is 0 Å². The van der Waals surface area contributed by atoms with Crippen molar-refractivity contribution in [3.8, 4) is 0 Å². The second-order valence-corrected chi connectivity index (χ2v) is 6.55. The average Bonchev–Trinajstić information content (AvgIpc) is 2.74. The molecule has 0 aliphatic rings. The average molecular weight is 311 g/mol. The SMILES string of the molecule is CC(=O)c1cccc(Nc2nc(C)nc3sc(C)c(C)c23)c1. The number of fused-ring (bicyclic) bond motifs is 1. The number of carbonyl (C=O) groups is 1. The third-order valence-electron chi connectivity index (χ3n) is 3.67. The Kier molecular flexibility index (Phi) is 3.66. The van der Waals surface area contributed by atoms with E-state index in [1.54, 1.807) is 18.3 Å². The van der Waals surface area contributed by atoms with Gasteiger partial charge < -0.3 is 5.32 Å². The van der Waals surface area contributed by atoms with Gasteiger partial charge in [-0.25, -0.2) is 9.97 Å². The van der Waals surface area contributed by atoms with Gasteiger partial charge in [-0.2, -0.15) is 0 Å². The van der Waals surface area contributed by atoms with Gasteiger partial charge in [0.25, 0.3) is 0 Å². The van der Waals surface area contributed by atoms with E-state index < -0.39 is 0 Å². The molecule has 3 rings (SSSR count). The number of rotatable bonds is 3. The summed E-state index contributed by atoms with van der Waals surface area (Å²) in [6, 6.07) is 7.47. The van der Waals surface area contributed by atoms with Crippen LogP contribution in [-0.2, 0) is 0 Å². The zero-order valence-corrected chi connectivity index (χ0v) is 13.8. The number of Topliss-reactive ketones (excluding diaryl/α,β-unsaturated/α-hetero) is 1. The van der Waals surface area contributed by atoms with Gasteiger partial charge in [0.05, 0.1) is 5.39 Å². The Labute approximate surface area is 133 Å². The second kappa shape index (κ2) is 5.50. The van der Waals surface area contributed by atoms with Gasteiger partial charge in [-0.05, 0) is 45.4 Å². The molecule has 0 spiro atoms. The van der Waals surface area contributed by atoms with Crippen LogP contribution < -0.4 is 5.32 Å². The Bertz CT molecular complexity index is 883. The number of ketones is 1. The van der Waals surface area contributed by atoms with Gasteiger partial charge >= 0.3 is 0 Å². The predicted octanol–water partition coefficient (Wildman–Crippen LogP) is 4.56. The van der Waals surface area contributed by atoms with Crippen molar-refractivity contribution in [2.45, 2.75) is 27.7 Å². The minimum Gasteiger partial charge on any atom is -0.340 e. The first-order valence-electron chi connectivity index (χ1n) is 7.08. The van der Waals surface area contributed by atoms with E-state index in [9.17, 15) is 4.79 Å². The number of nitrogens with one attached hydrogen (secondary N) is 1. The second-order valence-electron chi connectivity index (χ2n) is 5.34. The number of hydrogen-bond acceptors (Lipinski definition) is 5. The normalized spacial score (nSPS) is 10.9. The molecule has 1 aromatic carbocycles. The summed E-state index contributed by atoms with van der Waals surface area (Å²) in [5.41, 5.74) is 2.74. The van der Waals surface area contributed by atoms with Crippen LogP contribution in [-0.4, -0.2) is 15.8 Å². The maximum atomic E-state index is 11.5. The number of anilines is 2. The van der Waals surface area contributed by atoms with Gasteiger partial charge in [0.2, 0.25) is 0 Å². The number of benzene rings is 1. The Morgan fingerprint density at radius 2 is 1.95 bits per heavy atom. The minimum atomic E-state index is 0.0511. The number of carbonyl (C=O) groups excluding carboxylic acids is 1. The van der Waals surface area contributed by atoms with Crippen LogP contribution in [0.15, 0.2) is 24.3 Å². The van der Waals surface area contributed by atoms with E-state index in [2.05, 4.69) is 29.1 Å².